The fourth-order valence-corrected chi connectivity index (χ4v) is 1.60. The Morgan fingerprint density at radius 2 is 1.88 bits per heavy atom. The lowest BCUT2D eigenvalue weighted by Crippen LogP contribution is -2.34. The number of nitrogens with two attached hydrogens (primary N) is 1. The minimum atomic E-state index is 0.196. The third-order valence-corrected chi connectivity index (χ3v) is 2.44. The summed E-state index contributed by atoms with van der Waals surface area (Å²) >= 11 is 0. The van der Waals surface area contributed by atoms with Gasteiger partial charge in [-0.25, -0.2) is 0 Å². The van der Waals surface area contributed by atoms with Gasteiger partial charge in [0.25, 0.3) is 0 Å². The van der Waals surface area contributed by atoms with Crippen LogP contribution in [0, 0.1) is 5.92 Å². The van der Waals surface area contributed by atoms with Crippen molar-refractivity contribution in [1.82, 2.24) is 9.80 Å². The van der Waals surface area contributed by atoms with Crippen molar-refractivity contribution in [2.24, 2.45) is 11.7 Å². The van der Waals surface area contributed by atoms with E-state index in [1.807, 2.05) is 0 Å². The number of nitrogens with zero attached hydrogens (tertiary/aromatic N) is 2. The van der Waals surface area contributed by atoms with Gasteiger partial charge >= 0.3 is 0 Å². The zero-order valence-corrected chi connectivity index (χ0v) is 11.2. The molecule has 4 nitrogen and oxygen atoms in total. The number of carbonyl (C=O) groups is 1. The number of rotatable bonds is 8. The van der Waals surface area contributed by atoms with Gasteiger partial charge in [-0.15, -0.1) is 0 Å². The van der Waals surface area contributed by atoms with E-state index in [0.717, 1.165) is 32.6 Å². The zero-order valence-electron chi connectivity index (χ0n) is 11.2. The molecule has 96 valence electrons. The molecule has 1 amide bonds. The second-order valence-electron chi connectivity index (χ2n) is 4.87. The van der Waals surface area contributed by atoms with Gasteiger partial charge in [0.1, 0.15) is 0 Å². The summed E-state index contributed by atoms with van der Waals surface area (Å²) in [6.07, 6.45) is 1.60. The molecule has 0 aromatic carbocycles. The van der Waals surface area contributed by atoms with Crippen molar-refractivity contribution in [3.63, 3.8) is 0 Å². The summed E-state index contributed by atoms with van der Waals surface area (Å²) in [7, 11) is 3.60. The average Bonchev–Trinajstić information content (AvgIpc) is 2.20. The van der Waals surface area contributed by atoms with Gasteiger partial charge in [0.2, 0.25) is 5.91 Å². The first-order valence-electron chi connectivity index (χ1n) is 6.10. The Morgan fingerprint density at radius 1 is 1.25 bits per heavy atom. The van der Waals surface area contributed by atoms with Crippen LogP contribution in [0.15, 0.2) is 0 Å². The lowest BCUT2D eigenvalue weighted by atomic mass is 10.2. The molecule has 0 saturated carbocycles. The standard InChI is InChI=1S/C12H27N3O/c1-11(2)10-15(8-5-7-13)9-6-12(16)14(3)4/h11H,5-10,13H2,1-4H3. The molecule has 0 unspecified atom stereocenters. The van der Waals surface area contributed by atoms with Crippen molar-refractivity contribution < 1.29 is 4.79 Å². The highest BCUT2D eigenvalue weighted by Gasteiger charge is 2.10. The molecule has 0 aliphatic carbocycles. The van der Waals surface area contributed by atoms with Crippen molar-refractivity contribution in [2.75, 3.05) is 40.3 Å². The van der Waals surface area contributed by atoms with Crippen LogP contribution in [0.5, 0.6) is 0 Å². The molecule has 2 N–H and O–H groups in total. The van der Waals surface area contributed by atoms with Crippen molar-refractivity contribution in [3.05, 3.63) is 0 Å². The number of carbonyl (C=O) groups excluding carboxylic acids is 1. The largest absolute Gasteiger partial charge is 0.349 e. The van der Waals surface area contributed by atoms with Crippen LogP contribution in [0.1, 0.15) is 26.7 Å². The molecule has 0 heterocycles. The van der Waals surface area contributed by atoms with Crippen LogP contribution in [0.3, 0.4) is 0 Å². The SMILES string of the molecule is CC(C)CN(CCCN)CCC(=O)N(C)C. The lowest BCUT2D eigenvalue weighted by Gasteiger charge is -2.24. The number of hydrogen-bond acceptors (Lipinski definition) is 3. The van der Waals surface area contributed by atoms with Crippen LogP contribution in [0.25, 0.3) is 0 Å². The second kappa shape index (κ2) is 8.53. The first kappa shape index (κ1) is 15.4. The summed E-state index contributed by atoms with van der Waals surface area (Å²) in [4.78, 5) is 15.5. The minimum Gasteiger partial charge on any atom is -0.349 e. The van der Waals surface area contributed by atoms with Crippen LogP contribution in [-0.4, -0.2) is 56.0 Å². The lowest BCUT2D eigenvalue weighted by molar-refractivity contribution is -0.129. The van der Waals surface area contributed by atoms with Crippen LogP contribution in [0.2, 0.25) is 0 Å². The van der Waals surface area contributed by atoms with Gasteiger partial charge < -0.3 is 15.5 Å². The molecular weight excluding hydrogens is 202 g/mol. The van der Waals surface area contributed by atoms with Gasteiger partial charge in [-0.1, -0.05) is 13.8 Å². The summed E-state index contributed by atoms with van der Waals surface area (Å²) in [5.74, 6) is 0.828. The minimum absolute atomic E-state index is 0.196. The Morgan fingerprint density at radius 3 is 2.31 bits per heavy atom. The molecule has 0 aromatic rings. The highest BCUT2D eigenvalue weighted by atomic mass is 16.2. The maximum Gasteiger partial charge on any atom is 0.223 e. The van der Waals surface area contributed by atoms with Gasteiger partial charge in [0.05, 0.1) is 0 Å². The molecule has 0 rings (SSSR count). The van der Waals surface area contributed by atoms with Gasteiger partial charge in [0, 0.05) is 33.6 Å². The van der Waals surface area contributed by atoms with Gasteiger partial charge in [-0.3, -0.25) is 4.79 Å². The predicted molar refractivity (Wildman–Crippen MR) is 68.3 cm³/mol. The first-order chi connectivity index (χ1) is 7.47. The van der Waals surface area contributed by atoms with Crippen molar-refractivity contribution in [3.8, 4) is 0 Å². The van der Waals surface area contributed by atoms with Gasteiger partial charge in [-0.05, 0) is 25.4 Å². The fourth-order valence-electron chi connectivity index (χ4n) is 1.60. The Hall–Kier alpha value is -0.610. The Kier molecular flexibility index (Phi) is 8.21. The number of amides is 1. The molecule has 0 aliphatic heterocycles. The predicted octanol–water partition coefficient (Wildman–Crippen LogP) is 0.772. The van der Waals surface area contributed by atoms with E-state index in [1.54, 1.807) is 19.0 Å². The third-order valence-electron chi connectivity index (χ3n) is 2.44. The quantitative estimate of drug-likeness (QED) is 0.669. The molecule has 4 heteroatoms. The molecule has 0 fully saturated rings. The monoisotopic (exact) mass is 229 g/mol. The molecule has 0 aromatic heterocycles. The van der Waals surface area contributed by atoms with Crippen LogP contribution < -0.4 is 5.73 Å². The molecule has 0 radical (unpaired) electrons. The summed E-state index contributed by atoms with van der Waals surface area (Å²) in [6, 6.07) is 0. The molecule has 0 saturated heterocycles. The fraction of sp³-hybridized carbons (Fsp3) is 0.917. The summed E-state index contributed by atoms with van der Waals surface area (Å²) in [5, 5.41) is 0. The Balaban J connectivity index is 3.95. The van der Waals surface area contributed by atoms with E-state index >= 15 is 0 Å². The molecule has 16 heavy (non-hydrogen) atoms. The van der Waals surface area contributed by atoms with E-state index in [1.165, 1.54) is 0 Å². The van der Waals surface area contributed by atoms with E-state index in [-0.39, 0.29) is 5.91 Å². The summed E-state index contributed by atoms with van der Waals surface area (Å²) < 4.78 is 0. The second-order valence-corrected chi connectivity index (χ2v) is 4.87. The van der Waals surface area contributed by atoms with Crippen LogP contribution >= 0.6 is 0 Å². The van der Waals surface area contributed by atoms with Gasteiger partial charge in [-0.2, -0.15) is 0 Å². The van der Waals surface area contributed by atoms with Crippen LogP contribution in [-0.2, 0) is 4.79 Å². The normalized spacial score (nSPS) is 11.2. The molecule has 0 atom stereocenters. The summed E-state index contributed by atoms with van der Waals surface area (Å²) in [6.45, 7) is 7.99. The summed E-state index contributed by atoms with van der Waals surface area (Å²) in [5.41, 5.74) is 5.51. The van der Waals surface area contributed by atoms with Crippen LogP contribution in [0.4, 0.5) is 0 Å². The van der Waals surface area contributed by atoms with Crippen molar-refractivity contribution in [2.45, 2.75) is 26.7 Å². The average molecular weight is 229 g/mol. The highest BCUT2D eigenvalue weighted by Crippen LogP contribution is 2.02. The molecule has 0 bridgehead atoms. The first-order valence-corrected chi connectivity index (χ1v) is 6.10. The maximum atomic E-state index is 11.5. The van der Waals surface area contributed by atoms with E-state index in [0.29, 0.717) is 12.3 Å². The van der Waals surface area contributed by atoms with E-state index in [2.05, 4.69) is 18.7 Å². The highest BCUT2D eigenvalue weighted by molar-refractivity contribution is 5.75. The van der Waals surface area contributed by atoms with E-state index in [9.17, 15) is 4.79 Å². The zero-order chi connectivity index (χ0) is 12.6. The topological polar surface area (TPSA) is 49.6 Å². The molecule has 0 spiro atoms. The molecule has 0 aliphatic rings. The van der Waals surface area contributed by atoms with E-state index < -0.39 is 0 Å². The maximum absolute atomic E-state index is 11.5. The Bertz CT molecular complexity index is 193. The Labute approximate surface area is 99.8 Å². The number of hydrogen-bond donors (Lipinski definition) is 1. The molecular formula is C12H27N3O. The third kappa shape index (κ3) is 7.65. The smallest absolute Gasteiger partial charge is 0.223 e. The van der Waals surface area contributed by atoms with Crippen molar-refractivity contribution in [1.29, 1.82) is 0 Å². The van der Waals surface area contributed by atoms with Crippen molar-refractivity contribution >= 4 is 5.91 Å². The van der Waals surface area contributed by atoms with Gasteiger partial charge in [0.15, 0.2) is 0 Å². The van der Waals surface area contributed by atoms with E-state index in [4.69, 9.17) is 5.73 Å².